The zero-order valence-corrected chi connectivity index (χ0v) is 21.1. The first-order valence-corrected chi connectivity index (χ1v) is 11.0. The van der Waals surface area contributed by atoms with Gasteiger partial charge in [0.1, 0.15) is 0 Å². The summed E-state index contributed by atoms with van der Waals surface area (Å²) in [5.41, 5.74) is 2.44. The van der Waals surface area contributed by atoms with Gasteiger partial charge in [-0.2, -0.15) is 0 Å². The second kappa shape index (κ2) is 13.6. The van der Waals surface area contributed by atoms with Crippen LogP contribution in [0.2, 0.25) is 5.02 Å². The van der Waals surface area contributed by atoms with Gasteiger partial charge < -0.3 is 15.5 Å². The van der Waals surface area contributed by atoms with E-state index in [4.69, 9.17) is 11.6 Å². The van der Waals surface area contributed by atoms with E-state index in [0.717, 1.165) is 56.4 Å². The van der Waals surface area contributed by atoms with Crippen LogP contribution in [0.25, 0.3) is 0 Å². The minimum absolute atomic E-state index is 0. The van der Waals surface area contributed by atoms with Crippen molar-refractivity contribution in [2.75, 3.05) is 33.2 Å². The molecule has 1 saturated heterocycles. The summed E-state index contributed by atoms with van der Waals surface area (Å²) in [6, 6.07) is 18.3. The first kappa shape index (κ1) is 25.5. The number of likely N-dealkylation sites (tertiary alicyclic amines) is 1. The molecule has 5 nitrogen and oxygen atoms in total. The Bertz CT molecular complexity index is 846. The van der Waals surface area contributed by atoms with Crippen molar-refractivity contribution >= 4 is 47.4 Å². The number of rotatable bonds is 9. The molecular formula is C24H32ClIN4O. The SMILES string of the molecule is CN=C(NCCCc1ccccc1Cl)NCC1CC(=O)N(CCc2ccccc2)C1.I. The molecule has 0 aromatic heterocycles. The summed E-state index contributed by atoms with van der Waals surface area (Å²) in [5.74, 6) is 1.35. The lowest BCUT2D eigenvalue weighted by atomic mass is 10.1. The van der Waals surface area contributed by atoms with Crippen molar-refractivity contribution < 1.29 is 4.79 Å². The molecule has 168 valence electrons. The minimum atomic E-state index is 0. The predicted octanol–water partition coefficient (Wildman–Crippen LogP) is 4.15. The maximum Gasteiger partial charge on any atom is 0.223 e. The summed E-state index contributed by atoms with van der Waals surface area (Å²) in [7, 11) is 1.77. The second-order valence-corrected chi connectivity index (χ2v) is 8.13. The number of nitrogens with zero attached hydrogens (tertiary/aromatic N) is 2. The molecule has 1 fully saturated rings. The Labute approximate surface area is 207 Å². The number of amides is 1. The predicted molar refractivity (Wildman–Crippen MR) is 139 cm³/mol. The van der Waals surface area contributed by atoms with Crippen LogP contribution in [-0.2, 0) is 17.6 Å². The number of hydrogen-bond donors (Lipinski definition) is 2. The highest BCUT2D eigenvalue weighted by atomic mass is 127. The molecule has 3 rings (SSSR count). The summed E-state index contributed by atoms with van der Waals surface area (Å²) in [6.07, 6.45) is 3.41. The van der Waals surface area contributed by atoms with E-state index < -0.39 is 0 Å². The smallest absolute Gasteiger partial charge is 0.223 e. The van der Waals surface area contributed by atoms with Crippen LogP contribution in [0.4, 0.5) is 0 Å². The molecule has 1 aliphatic heterocycles. The molecule has 1 unspecified atom stereocenters. The highest BCUT2D eigenvalue weighted by Gasteiger charge is 2.29. The van der Waals surface area contributed by atoms with E-state index in [1.807, 2.05) is 41.3 Å². The number of aliphatic imine (C=N–C) groups is 1. The molecule has 31 heavy (non-hydrogen) atoms. The molecule has 0 saturated carbocycles. The Kier molecular flexibility index (Phi) is 11.2. The van der Waals surface area contributed by atoms with E-state index in [9.17, 15) is 4.79 Å². The van der Waals surface area contributed by atoms with Gasteiger partial charge in [0.15, 0.2) is 5.96 Å². The number of nitrogens with one attached hydrogen (secondary N) is 2. The summed E-state index contributed by atoms with van der Waals surface area (Å²) in [4.78, 5) is 18.6. The van der Waals surface area contributed by atoms with Gasteiger partial charge in [0.2, 0.25) is 5.91 Å². The number of carbonyl (C=O) groups excluding carboxylic acids is 1. The molecule has 2 aromatic carbocycles. The molecule has 2 N–H and O–H groups in total. The molecule has 1 aliphatic rings. The average Bonchev–Trinajstić information content (AvgIpc) is 3.13. The van der Waals surface area contributed by atoms with E-state index in [1.54, 1.807) is 7.05 Å². The van der Waals surface area contributed by atoms with Gasteiger partial charge >= 0.3 is 0 Å². The molecule has 0 aliphatic carbocycles. The van der Waals surface area contributed by atoms with Crippen molar-refractivity contribution in [3.8, 4) is 0 Å². The van der Waals surface area contributed by atoms with Gasteiger partial charge in [-0.1, -0.05) is 60.1 Å². The van der Waals surface area contributed by atoms with Gasteiger partial charge in [0.25, 0.3) is 0 Å². The van der Waals surface area contributed by atoms with Gasteiger partial charge in [-0.3, -0.25) is 9.79 Å². The Balaban J connectivity index is 0.00000341. The first-order valence-electron chi connectivity index (χ1n) is 10.7. The van der Waals surface area contributed by atoms with Gasteiger partial charge in [0, 0.05) is 50.6 Å². The van der Waals surface area contributed by atoms with Crippen LogP contribution >= 0.6 is 35.6 Å². The van der Waals surface area contributed by atoms with Crippen molar-refractivity contribution in [1.82, 2.24) is 15.5 Å². The van der Waals surface area contributed by atoms with E-state index in [2.05, 4.69) is 33.8 Å². The molecule has 0 spiro atoms. The van der Waals surface area contributed by atoms with Crippen LogP contribution in [-0.4, -0.2) is 50.0 Å². The molecule has 2 aromatic rings. The minimum Gasteiger partial charge on any atom is -0.356 e. The third-order valence-electron chi connectivity index (χ3n) is 5.46. The van der Waals surface area contributed by atoms with Crippen molar-refractivity contribution in [2.24, 2.45) is 10.9 Å². The number of benzene rings is 2. The summed E-state index contributed by atoms with van der Waals surface area (Å²) >= 11 is 6.21. The summed E-state index contributed by atoms with van der Waals surface area (Å²) in [6.45, 7) is 3.16. The number of halogens is 2. The third kappa shape index (κ3) is 8.33. The van der Waals surface area contributed by atoms with Crippen LogP contribution in [0.3, 0.4) is 0 Å². The molecule has 0 bridgehead atoms. The van der Waals surface area contributed by atoms with Gasteiger partial charge in [0.05, 0.1) is 0 Å². The number of hydrogen-bond acceptors (Lipinski definition) is 2. The number of guanidine groups is 1. The fourth-order valence-electron chi connectivity index (χ4n) is 3.76. The standard InChI is InChI=1S/C24H31ClN4O.HI/c1-26-24(27-14-7-11-21-10-5-6-12-22(21)25)28-17-20-16-23(30)29(18-20)15-13-19-8-3-2-4-9-19;/h2-6,8-10,12,20H,7,11,13-18H2,1H3,(H2,26,27,28);1H. The highest BCUT2D eigenvalue weighted by molar-refractivity contribution is 14.0. The van der Waals surface area contributed by atoms with Crippen LogP contribution < -0.4 is 10.6 Å². The van der Waals surface area contributed by atoms with E-state index in [-0.39, 0.29) is 29.9 Å². The summed E-state index contributed by atoms with van der Waals surface area (Å²) in [5, 5.41) is 7.54. The van der Waals surface area contributed by atoms with Crippen LogP contribution in [0, 0.1) is 5.92 Å². The van der Waals surface area contributed by atoms with Gasteiger partial charge in [-0.05, 0) is 36.5 Å². The Morgan fingerprint density at radius 1 is 1.10 bits per heavy atom. The lowest BCUT2D eigenvalue weighted by Crippen LogP contribution is -2.40. The van der Waals surface area contributed by atoms with Crippen molar-refractivity contribution in [2.45, 2.75) is 25.7 Å². The van der Waals surface area contributed by atoms with Crippen molar-refractivity contribution in [3.05, 3.63) is 70.7 Å². The van der Waals surface area contributed by atoms with E-state index in [0.29, 0.717) is 12.3 Å². The van der Waals surface area contributed by atoms with Gasteiger partial charge in [-0.15, -0.1) is 24.0 Å². The third-order valence-corrected chi connectivity index (χ3v) is 5.83. The fourth-order valence-corrected chi connectivity index (χ4v) is 3.99. The zero-order valence-electron chi connectivity index (χ0n) is 18.0. The van der Waals surface area contributed by atoms with Crippen molar-refractivity contribution in [1.29, 1.82) is 0 Å². The van der Waals surface area contributed by atoms with E-state index in [1.165, 1.54) is 11.1 Å². The summed E-state index contributed by atoms with van der Waals surface area (Å²) < 4.78 is 0. The van der Waals surface area contributed by atoms with Gasteiger partial charge in [-0.25, -0.2) is 0 Å². The molecular weight excluding hydrogens is 523 g/mol. The number of carbonyl (C=O) groups is 1. The monoisotopic (exact) mass is 554 g/mol. The lowest BCUT2D eigenvalue weighted by molar-refractivity contribution is -0.127. The topological polar surface area (TPSA) is 56.7 Å². The fraction of sp³-hybridized carbons (Fsp3) is 0.417. The highest BCUT2D eigenvalue weighted by Crippen LogP contribution is 2.18. The Hall–Kier alpha value is -1.80. The largest absolute Gasteiger partial charge is 0.356 e. The second-order valence-electron chi connectivity index (χ2n) is 7.72. The normalized spacial score (nSPS) is 16.2. The molecule has 1 amide bonds. The van der Waals surface area contributed by atoms with Crippen molar-refractivity contribution in [3.63, 3.8) is 0 Å². The lowest BCUT2D eigenvalue weighted by Gasteiger charge is -2.18. The molecule has 1 heterocycles. The number of aryl methyl sites for hydroxylation is 1. The Morgan fingerprint density at radius 2 is 1.84 bits per heavy atom. The molecule has 7 heteroatoms. The Morgan fingerprint density at radius 3 is 2.58 bits per heavy atom. The zero-order chi connectivity index (χ0) is 21.2. The van der Waals surface area contributed by atoms with Crippen LogP contribution in [0.1, 0.15) is 24.0 Å². The van der Waals surface area contributed by atoms with Crippen LogP contribution in [0.5, 0.6) is 0 Å². The maximum atomic E-state index is 12.3. The molecule has 1 atom stereocenters. The quantitative estimate of drug-likeness (QED) is 0.212. The first-order chi connectivity index (χ1) is 14.7. The van der Waals surface area contributed by atoms with Crippen LogP contribution in [0.15, 0.2) is 59.6 Å². The maximum absolute atomic E-state index is 12.3. The average molecular weight is 555 g/mol. The van der Waals surface area contributed by atoms with E-state index >= 15 is 0 Å². The molecule has 0 radical (unpaired) electrons.